The first-order chi connectivity index (χ1) is 9.72. The topological polar surface area (TPSA) is 23.8 Å². The van der Waals surface area contributed by atoms with Crippen LogP contribution in [0.4, 0.5) is 4.39 Å². The van der Waals surface area contributed by atoms with Crippen molar-refractivity contribution in [2.45, 2.75) is 71.1 Å². The van der Waals surface area contributed by atoms with Crippen molar-refractivity contribution in [2.24, 2.45) is 23.7 Å². The number of halogens is 1. The highest BCUT2D eigenvalue weighted by Crippen LogP contribution is 2.42. The van der Waals surface area contributed by atoms with Crippen LogP contribution in [0.15, 0.2) is 11.9 Å². The molecule has 2 saturated carbocycles. The fourth-order valence-electron chi connectivity index (χ4n) is 4.38. The Morgan fingerprint density at radius 2 is 1.60 bits per heavy atom. The lowest BCUT2D eigenvalue weighted by atomic mass is 9.68. The number of nitrogens with zero attached hydrogens (tertiary/aromatic N) is 1. The summed E-state index contributed by atoms with van der Waals surface area (Å²) in [6, 6.07) is 1.60. The largest absolute Gasteiger partial charge is 0.196 e. The van der Waals surface area contributed by atoms with Crippen molar-refractivity contribution in [3.8, 4) is 6.07 Å². The van der Waals surface area contributed by atoms with Crippen LogP contribution in [0.2, 0.25) is 0 Å². The number of nitriles is 1. The van der Waals surface area contributed by atoms with Gasteiger partial charge in [0.1, 0.15) is 6.07 Å². The highest BCUT2D eigenvalue weighted by Gasteiger charge is 2.30. The van der Waals surface area contributed by atoms with Crippen LogP contribution in [-0.2, 0) is 0 Å². The lowest BCUT2D eigenvalue weighted by Crippen LogP contribution is -2.25. The van der Waals surface area contributed by atoms with Gasteiger partial charge in [0.15, 0.2) is 5.83 Å². The Morgan fingerprint density at radius 3 is 2.10 bits per heavy atom. The molecule has 0 atom stereocenters. The summed E-state index contributed by atoms with van der Waals surface area (Å²) in [5.74, 6) is 2.50. The third-order valence-corrected chi connectivity index (χ3v) is 5.56. The van der Waals surface area contributed by atoms with Gasteiger partial charge < -0.3 is 0 Å². The number of hydrogen-bond acceptors (Lipinski definition) is 1. The van der Waals surface area contributed by atoms with Crippen molar-refractivity contribution in [2.75, 3.05) is 0 Å². The van der Waals surface area contributed by atoms with E-state index in [0.29, 0.717) is 5.92 Å². The number of hydrogen-bond donors (Lipinski definition) is 0. The molecule has 0 aromatic rings. The summed E-state index contributed by atoms with van der Waals surface area (Å²) in [5.41, 5.74) is 0. The maximum Gasteiger partial charge on any atom is 0.196 e. The van der Waals surface area contributed by atoms with Crippen molar-refractivity contribution in [3.63, 3.8) is 0 Å². The van der Waals surface area contributed by atoms with Crippen molar-refractivity contribution >= 4 is 0 Å². The summed E-state index contributed by atoms with van der Waals surface area (Å²) in [5, 5.41) is 8.50. The molecule has 2 aliphatic carbocycles. The van der Waals surface area contributed by atoms with E-state index < -0.39 is 5.83 Å². The van der Waals surface area contributed by atoms with Crippen LogP contribution >= 0.6 is 0 Å². The predicted octanol–water partition coefficient (Wildman–Crippen LogP) is 5.78. The second-order valence-corrected chi connectivity index (χ2v) is 6.87. The summed E-state index contributed by atoms with van der Waals surface area (Å²) in [6.07, 6.45) is 14.6. The van der Waals surface area contributed by atoms with E-state index in [9.17, 15) is 4.39 Å². The van der Waals surface area contributed by atoms with E-state index >= 15 is 0 Å². The van der Waals surface area contributed by atoms with Gasteiger partial charge in [0, 0.05) is 0 Å². The Bertz CT molecular complexity index is 352. The molecular weight excluding hydrogens is 249 g/mol. The smallest absolute Gasteiger partial charge is 0.195 e. The molecule has 0 aliphatic heterocycles. The van der Waals surface area contributed by atoms with Gasteiger partial charge >= 0.3 is 0 Å². The molecule has 2 fully saturated rings. The molecule has 0 radical (unpaired) electrons. The van der Waals surface area contributed by atoms with Gasteiger partial charge in [-0.3, -0.25) is 0 Å². The third kappa shape index (κ3) is 4.33. The Labute approximate surface area is 123 Å². The molecule has 0 aromatic carbocycles. The summed E-state index contributed by atoms with van der Waals surface area (Å²) < 4.78 is 13.0. The summed E-state index contributed by atoms with van der Waals surface area (Å²) in [6.45, 7) is 2.29. The Kier molecular flexibility index (Phi) is 6.07. The maximum atomic E-state index is 13.0. The van der Waals surface area contributed by atoms with E-state index in [1.54, 1.807) is 12.1 Å². The second-order valence-electron chi connectivity index (χ2n) is 6.87. The van der Waals surface area contributed by atoms with E-state index in [1.807, 2.05) is 0 Å². The van der Waals surface area contributed by atoms with E-state index in [2.05, 4.69) is 6.92 Å². The zero-order chi connectivity index (χ0) is 14.4. The zero-order valence-corrected chi connectivity index (χ0v) is 12.8. The summed E-state index contributed by atoms with van der Waals surface area (Å²) in [4.78, 5) is 0. The molecule has 2 aliphatic rings. The van der Waals surface area contributed by atoms with Gasteiger partial charge in [0.2, 0.25) is 0 Å². The van der Waals surface area contributed by atoms with E-state index in [1.165, 1.54) is 51.4 Å². The van der Waals surface area contributed by atoms with Crippen molar-refractivity contribution < 1.29 is 4.39 Å². The summed E-state index contributed by atoms with van der Waals surface area (Å²) >= 11 is 0. The molecule has 0 N–H and O–H groups in total. The number of rotatable bonds is 4. The minimum Gasteiger partial charge on any atom is -0.195 e. The molecule has 0 unspecified atom stereocenters. The average molecular weight is 277 g/mol. The lowest BCUT2D eigenvalue weighted by Gasteiger charge is -2.37. The second kappa shape index (κ2) is 7.81. The molecule has 0 saturated heterocycles. The molecule has 0 spiro atoms. The van der Waals surface area contributed by atoms with Gasteiger partial charge in [-0.25, -0.2) is 0 Å². The minimum atomic E-state index is -0.589. The van der Waals surface area contributed by atoms with Gasteiger partial charge in [-0.05, 0) is 68.3 Å². The Hall–Kier alpha value is -0.840. The molecule has 0 bridgehead atoms. The first-order valence-electron chi connectivity index (χ1n) is 8.50. The molecule has 0 heterocycles. The minimum absolute atomic E-state index is 0.308. The van der Waals surface area contributed by atoms with Crippen LogP contribution in [0.25, 0.3) is 0 Å². The van der Waals surface area contributed by atoms with Crippen LogP contribution in [0.1, 0.15) is 71.1 Å². The van der Waals surface area contributed by atoms with Gasteiger partial charge in [-0.1, -0.05) is 32.6 Å². The molecule has 20 heavy (non-hydrogen) atoms. The van der Waals surface area contributed by atoms with Crippen molar-refractivity contribution in [1.82, 2.24) is 0 Å². The molecule has 0 aromatic heterocycles. The van der Waals surface area contributed by atoms with Gasteiger partial charge in [-0.2, -0.15) is 9.65 Å². The van der Waals surface area contributed by atoms with E-state index in [-0.39, 0.29) is 0 Å². The predicted molar refractivity (Wildman–Crippen MR) is 80.6 cm³/mol. The van der Waals surface area contributed by atoms with Crippen LogP contribution in [-0.4, -0.2) is 0 Å². The highest BCUT2D eigenvalue weighted by atomic mass is 19.1. The normalized spacial score (nSPS) is 35.5. The van der Waals surface area contributed by atoms with Gasteiger partial charge in [0.25, 0.3) is 0 Å². The van der Waals surface area contributed by atoms with Crippen molar-refractivity contribution in [3.05, 3.63) is 11.9 Å². The first kappa shape index (κ1) is 15.5. The molecule has 2 rings (SSSR count). The van der Waals surface area contributed by atoms with Crippen LogP contribution < -0.4 is 0 Å². The quantitative estimate of drug-likeness (QED) is 0.598. The molecular formula is C18H28FN. The molecule has 1 nitrogen and oxygen atoms in total. The molecule has 2 heteroatoms. The average Bonchev–Trinajstić information content (AvgIpc) is 2.49. The Morgan fingerprint density at radius 1 is 1.05 bits per heavy atom. The lowest BCUT2D eigenvalue weighted by molar-refractivity contribution is 0.152. The first-order valence-corrected chi connectivity index (χ1v) is 8.50. The number of allylic oxidation sites excluding steroid dienone is 2. The fraction of sp³-hybridized carbons (Fsp3) is 0.833. The molecule has 0 amide bonds. The Balaban J connectivity index is 1.74. The van der Waals surface area contributed by atoms with E-state index in [4.69, 9.17) is 5.26 Å². The SMILES string of the molecule is CCC[C@H]1CC[C@H](C2CCC(/C=C(/F)C#N)CC2)CC1. The van der Waals surface area contributed by atoms with Crippen LogP contribution in [0.5, 0.6) is 0 Å². The summed E-state index contributed by atoms with van der Waals surface area (Å²) in [7, 11) is 0. The van der Waals surface area contributed by atoms with Gasteiger partial charge in [0.05, 0.1) is 0 Å². The monoisotopic (exact) mass is 277 g/mol. The van der Waals surface area contributed by atoms with Gasteiger partial charge in [-0.15, -0.1) is 0 Å². The van der Waals surface area contributed by atoms with Crippen LogP contribution in [0, 0.1) is 35.0 Å². The standard InChI is InChI=1S/C18H28FN/c1-2-3-14-4-8-16(9-5-14)17-10-6-15(7-11-17)12-18(19)13-20/h12,14-17H,2-11H2,1H3/b18-12+/t14-,15?,16-,17?. The molecule has 112 valence electrons. The van der Waals surface area contributed by atoms with Crippen LogP contribution in [0.3, 0.4) is 0 Å². The third-order valence-electron chi connectivity index (χ3n) is 5.56. The fourth-order valence-corrected chi connectivity index (χ4v) is 4.38. The zero-order valence-electron chi connectivity index (χ0n) is 12.8. The van der Waals surface area contributed by atoms with E-state index in [0.717, 1.165) is 30.6 Å². The van der Waals surface area contributed by atoms with Crippen molar-refractivity contribution in [1.29, 1.82) is 5.26 Å². The highest BCUT2D eigenvalue weighted by molar-refractivity contribution is 5.13. The maximum absolute atomic E-state index is 13.0.